The van der Waals surface area contributed by atoms with Crippen molar-refractivity contribution in [2.24, 2.45) is 0 Å². The molecule has 0 saturated carbocycles. The number of rotatable bonds is 6. The van der Waals surface area contributed by atoms with Crippen molar-refractivity contribution in [3.05, 3.63) is 59.1 Å². The van der Waals surface area contributed by atoms with Crippen molar-refractivity contribution in [1.82, 2.24) is 5.32 Å². The molecule has 0 radical (unpaired) electrons. The SMILES string of the molecule is COCCOc1cccc(NC(=S)NC(=O)c2ccccc2Cl)c1. The fourth-order valence-corrected chi connectivity index (χ4v) is 2.32. The Morgan fingerprint density at radius 1 is 1.17 bits per heavy atom. The Balaban J connectivity index is 1.93. The molecule has 0 fully saturated rings. The van der Waals surface area contributed by atoms with E-state index >= 15 is 0 Å². The predicted octanol–water partition coefficient (Wildman–Crippen LogP) is 3.49. The molecule has 2 rings (SSSR count). The summed E-state index contributed by atoms with van der Waals surface area (Å²) in [5.74, 6) is 0.308. The number of amides is 1. The van der Waals surface area contributed by atoms with Crippen LogP contribution in [-0.2, 0) is 4.74 Å². The number of ether oxygens (including phenoxy) is 2. The third-order valence-electron chi connectivity index (χ3n) is 2.99. The van der Waals surface area contributed by atoms with E-state index in [1.807, 2.05) is 18.2 Å². The molecule has 0 spiro atoms. The summed E-state index contributed by atoms with van der Waals surface area (Å²) in [7, 11) is 1.61. The van der Waals surface area contributed by atoms with Gasteiger partial charge in [0.15, 0.2) is 5.11 Å². The molecule has 0 aromatic heterocycles. The summed E-state index contributed by atoms with van der Waals surface area (Å²) in [6.07, 6.45) is 0. The molecule has 0 saturated heterocycles. The molecule has 0 unspecified atom stereocenters. The summed E-state index contributed by atoms with van der Waals surface area (Å²) in [6.45, 7) is 0.956. The van der Waals surface area contributed by atoms with Gasteiger partial charge < -0.3 is 14.8 Å². The molecule has 2 aromatic rings. The van der Waals surface area contributed by atoms with Crippen molar-refractivity contribution in [3.63, 3.8) is 0 Å². The zero-order valence-electron chi connectivity index (χ0n) is 13.0. The molecule has 2 aromatic carbocycles. The van der Waals surface area contributed by atoms with E-state index in [2.05, 4.69) is 10.6 Å². The van der Waals surface area contributed by atoms with Gasteiger partial charge in [-0.05, 0) is 36.5 Å². The van der Waals surface area contributed by atoms with Gasteiger partial charge in [-0.1, -0.05) is 29.8 Å². The number of thiocarbonyl (C=S) groups is 1. The average molecular weight is 365 g/mol. The molecule has 2 N–H and O–H groups in total. The van der Waals surface area contributed by atoms with Crippen molar-refractivity contribution >= 4 is 40.5 Å². The van der Waals surface area contributed by atoms with Gasteiger partial charge in [-0.15, -0.1) is 0 Å². The van der Waals surface area contributed by atoms with Crippen LogP contribution in [-0.4, -0.2) is 31.3 Å². The zero-order valence-corrected chi connectivity index (χ0v) is 14.6. The van der Waals surface area contributed by atoms with Gasteiger partial charge in [-0.2, -0.15) is 0 Å². The molecule has 7 heteroatoms. The summed E-state index contributed by atoms with van der Waals surface area (Å²) in [5, 5.41) is 6.07. The largest absolute Gasteiger partial charge is 0.491 e. The summed E-state index contributed by atoms with van der Waals surface area (Å²) in [5.41, 5.74) is 1.06. The highest BCUT2D eigenvalue weighted by Gasteiger charge is 2.11. The van der Waals surface area contributed by atoms with Gasteiger partial charge in [0, 0.05) is 18.9 Å². The Kier molecular flexibility index (Phi) is 6.99. The van der Waals surface area contributed by atoms with Gasteiger partial charge in [0.25, 0.3) is 5.91 Å². The first kappa shape index (κ1) is 18.2. The topological polar surface area (TPSA) is 59.6 Å². The second kappa shape index (κ2) is 9.22. The Hall–Kier alpha value is -2.15. The lowest BCUT2D eigenvalue weighted by Gasteiger charge is -2.12. The van der Waals surface area contributed by atoms with Gasteiger partial charge in [0.05, 0.1) is 17.2 Å². The second-order valence-corrected chi connectivity index (χ2v) is 5.57. The summed E-state index contributed by atoms with van der Waals surface area (Å²) >= 11 is 11.2. The highest BCUT2D eigenvalue weighted by molar-refractivity contribution is 7.80. The van der Waals surface area contributed by atoms with E-state index in [9.17, 15) is 4.79 Å². The molecule has 0 heterocycles. The smallest absolute Gasteiger partial charge is 0.258 e. The lowest BCUT2D eigenvalue weighted by atomic mass is 10.2. The fourth-order valence-electron chi connectivity index (χ4n) is 1.88. The van der Waals surface area contributed by atoms with E-state index in [0.29, 0.717) is 35.2 Å². The van der Waals surface area contributed by atoms with Crippen LogP contribution >= 0.6 is 23.8 Å². The van der Waals surface area contributed by atoms with E-state index in [1.54, 1.807) is 37.4 Å². The number of nitrogens with one attached hydrogen (secondary N) is 2. The number of carbonyl (C=O) groups excluding carboxylic acids is 1. The Bertz CT molecular complexity index is 724. The van der Waals surface area contributed by atoms with Crippen molar-refractivity contribution in [1.29, 1.82) is 0 Å². The first-order chi connectivity index (χ1) is 11.6. The molecule has 0 aliphatic carbocycles. The lowest BCUT2D eigenvalue weighted by molar-refractivity contribution is 0.0978. The Morgan fingerprint density at radius 2 is 1.96 bits per heavy atom. The third-order valence-corrected chi connectivity index (χ3v) is 3.53. The van der Waals surface area contributed by atoms with Gasteiger partial charge in [-0.3, -0.25) is 10.1 Å². The third kappa shape index (κ3) is 5.49. The van der Waals surface area contributed by atoms with Crippen LogP contribution in [0.3, 0.4) is 0 Å². The van der Waals surface area contributed by atoms with E-state index < -0.39 is 0 Å². The van der Waals surface area contributed by atoms with E-state index in [1.165, 1.54) is 0 Å². The number of anilines is 1. The van der Waals surface area contributed by atoms with Crippen molar-refractivity contribution in [3.8, 4) is 5.75 Å². The Morgan fingerprint density at radius 3 is 2.71 bits per heavy atom. The number of hydrogen-bond donors (Lipinski definition) is 2. The Labute approximate surface area is 150 Å². The van der Waals surface area contributed by atoms with Crippen LogP contribution in [0.5, 0.6) is 5.75 Å². The van der Waals surface area contributed by atoms with E-state index in [4.69, 9.17) is 33.3 Å². The molecule has 126 valence electrons. The maximum Gasteiger partial charge on any atom is 0.258 e. The molecule has 5 nitrogen and oxygen atoms in total. The first-order valence-corrected chi connectivity index (χ1v) is 7.97. The number of carbonyl (C=O) groups is 1. The summed E-state index contributed by atoms with van der Waals surface area (Å²) < 4.78 is 10.5. The van der Waals surface area contributed by atoms with Gasteiger partial charge in [0.1, 0.15) is 12.4 Å². The van der Waals surface area contributed by atoms with Crippen molar-refractivity contribution < 1.29 is 14.3 Å². The van der Waals surface area contributed by atoms with E-state index in [-0.39, 0.29) is 11.0 Å². The molecule has 0 aliphatic heterocycles. The van der Waals surface area contributed by atoms with Crippen LogP contribution in [0.4, 0.5) is 5.69 Å². The predicted molar refractivity (Wildman–Crippen MR) is 99.0 cm³/mol. The highest BCUT2D eigenvalue weighted by atomic mass is 35.5. The second-order valence-electron chi connectivity index (χ2n) is 4.76. The van der Waals surface area contributed by atoms with Crippen LogP contribution in [0.15, 0.2) is 48.5 Å². The lowest BCUT2D eigenvalue weighted by Crippen LogP contribution is -2.34. The van der Waals surface area contributed by atoms with Crippen LogP contribution in [0.25, 0.3) is 0 Å². The van der Waals surface area contributed by atoms with Crippen LogP contribution in [0.2, 0.25) is 5.02 Å². The molecule has 1 amide bonds. The molecule has 24 heavy (non-hydrogen) atoms. The zero-order chi connectivity index (χ0) is 17.4. The van der Waals surface area contributed by atoms with E-state index in [0.717, 1.165) is 0 Å². The normalized spacial score (nSPS) is 10.1. The maximum atomic E-state index is 12.1. The molecule has 0 aliphatic rings. The maximum absolute atomic E-state index is 12.1. The van der Waals surface area contributed by atoms with Crippen LogP contribution in [0, 0.1) is 0 Å². The van der Waals surface area contributed by atoms with Gasteiger partial charge in [-0.25, -0.2) is 0 Å². The van der Waals surface area contributed by atoms with Crippen LogP contribution in [0.1, 0.15) is 10.4 Å². The number of halogens is 1. The standard InChI is InChI=1S/C17H17ClN2O3S/c1-22-9-10-23-13-6-4-5-12(11-13)19-17(24)20-16(21)14-7-2-3-8-15(14)18/h2-8,11H,9-10H2,1H3,(H2,19,20,21,24). The fraction of sp³-hybridized carbons (Fsp3) is 0.176. The minimum absolute atomic E-state index is 0.175. The minimum atomic E-state index is -0.370. The molecule has 0 bridgehead atoms. The molecular weight excluding hydrogens is 348 g/mol. The number of methoxy groups -OCH3 is 1. The summed E-state index contributed by atoms with van der Waals surface area (Å²) in [4.78, 5) is 12.1. The number of hydrogen-bond acceptors (Lipinski definition) is 4. The average Bonchev–Trinajstić information content (AvgIpc) is 2.55. The first-order valence-electron chi connectivity index (χ1n) is 7.19. The minimum Gasteiger partial charge on any atom is -0.491 e. The van der Waals surface area contributed by atoms with Gasteiger partial charge in [0.2, 0.25) is 0 Å². The van der Waals surface area contributed by atoms with Gasteiger partial charge >= 0.3 is 0 Å². The van der Waals surface area contributed by atoms with Crippen molar-refractivity contribution in [2.75, 3.05) is 25.6 Å². The van der Waals surface area contributed by atoms with Crippen molar-refractivity contribution in [2.45, 2.75) is 0 Å². The highest BCUT2D eigenvalue weighted by Crippen LogP contribution is 2.18. The number of benzene rings is 2. The summed E-state index contributed by atoms with van der Waals surface area (Å²) in [6, 6.07) is 14.0. The van der Waals surface area contributed by atoms with Crippen LogP contribution < -0.4 is 15.4 Å². The molecule has 0 atom stereocenters. The monoisotopic (exact) mass is 364 g/mol. The quantitative estimate of drug-likeness (QED) is 0.607. The molecular formula is C17H17ClN2O3S.